The number of piperidine rings is 1. The topological polar surface area (TPSA) is 49.4 Å². The predicted octanol–water partition coefficient (Wildman–Crippen LogP) is 2.16. The minimum absolute atomic E-state index is 0.0517. The molecule has 114 valence electrons. The summed E-state index contributed by atoms with van der Waals surface area (Å²) in [6, 6.07) is 9.95. The number of nitrogens with zero attached hydrogens (tertiary/aromatic N) is 1. The van der Waals surface area contributed by atoms with Crippen molar-refractivity contribution in [3.63, 3.8) is 0 Å². The third-order valence-electron chi connectivity index (χ3n) is 4.33. The fraction of sp³-hybridized carbons (Fsp3) is 0.529. The summed E-state index contributed by atoms with van der Waals surface area (Å²) in [5, 5.41) is 2.70. The number of hydrogen-bond donors (Lipinski definition) is 1. The second-order valence-corrected chi connectivity index (χ2v) is 5.59. The zero-order valence-corrected chi connectivity index (χ0v) is 12.8. The molecule has 4 nitrogen and oxygen atoms in total. The van der Waals surface area contributed by atoms with Crippen LogP contribution in [0, 0.1) is 5.92 Å². The van der Waals surface area contributed by atoms with Gasteiger partial charge in [0.25, 0.3) is 0 Å². The highest BCUT2D eigenvalue weighted by Crippen LogP contribution is 2.25. The molecule has 0 spiro atoms. The number of benzene rings is 1. The number of amides is 2. The molecule has 4 heteroatoms. The molecule has 21 heavy (non-hydrogen) atoms. The summed E-state index contributed by atoms with van der Waals surface area (Å²) >= 11 is 0. The van der Waals surface area contributed by atoms with Gasteiger partial charge in [-0.05, 0) is 24.8 Å². The van der Waals surface area contributed by atoms with Crippen molar-refractivity contribution >= 4 is 11.8 Å². The molecule has 0 bridgehead atoms. The third-order valence-corrected chi connectivity index (χ3v) is 4.33. The molecule has 1 aromatic carbocycles. The molecule has 0 aromatic heterocycles. The summed E-state index contributed by atoms with van der Waals surface area (Å²) in [6.45, 7) is 3.41. The number of rotatable bonds is 4. The second-order valence-electron chi connectivity index (χ2n) is 5.59. The van der Waals surface area contributed by atoms with Crippen molar-refractivity contribution in [2.45, 2.75) is 32.1 Å². The molecule has 1 aromatic rings. The van der Waals surface area contributed by atoms with E-state index in [0.29, 0.717) is 13.1 Å². The number of carbonyl (C=O) groups excluding carboxylic acids is 2. The molecule has 1 heterocycles. The van der Waals surface area contributed by atoms with E-state index in [1.54, 1.807) is 7.05 Å². The first-order valence-electron chi connectivity index (χ1n) is 7.72. The molecule has 1 unspecified atom stereocenters. The van der Waals surface area contributed by atoms with E-state index >= 15 is 0 Å². The van der Waals surface area contributed by atoms with Gasteiger partial charge in [-0.3, -0.25) is 9.59 Å². The molecular weight excluding hydrogens is 264 g/mol. The van der Waals surface area contributed by atoms with E-state index in [2.05, 4.69) is 5.32 Å². The number of hydrogen-bond acceptors (Lipinski definition) is 2. The Bertz CT molecular complexity index is 479. The van der Waals surface area contributed by atoms with Crippen molar-refractivity contribution in [2.75, 3.05) is 20.1 Å². The Morgan fingerprint density at radius 2 is 1.86 bits per heavy atom. The van der Waals surface area contributed by atoms with E-state index in [4.69, 9.17) is 0 Å². The summed E-state index contributed by atoms with van der Waals surface area (Å²) in [4.78, 5) is 26.3. The van der Waals surface area contributed by atoms with Crippen LogP contribution < -0.4 is 5.32 Å². The van der Waals surface area contributed by atoms with E-state index in [1.807, 2.05) is 42.2 Å². The van der Waals surface area contributed by atoms with Crippen molar-refractivity contribution < 1.29 is 9.59 Å². The Labute approximate surface area is 126 Å². The molecule has 2 amide bonds. The largest absolute Gasteiger partial charge is 0.359 e. The van der Waals surface area contributed by atoms with E-state index < -0.39 is 0 Å². The molecular formula is C17H24N2O2. The van der Waals surface area contributed by atoms with Gasteiger partial charge in [0.1, 0.15) is 0 Å². The fourth-order valence-corrected chi connectivity index (χ4v) is 3.02. The van der Waals surface area contributed by atoms with Gasteiger partial charge in [0, 0.05) is 26.1 Å². The maximum Gasteiger partial charge on any atom is 0.230 e. The fourth-order valence-electron chi connectivity index (χ4n) is 3.02. The maximum atomic E-state index is 12.7. The van der Waals surface area contributed by atoms with Gasteiger partial charge in [0.2, 0.25) is 11.8 Å². The standard InChI is InChI=1S/C17H24N2O2/c1-3-15(13-7-5-4-6-8-13)17(21)19-11-9-14(10-12-19)16(20)18-2/h4-8,14-15H,3,9-12H2,1-2H3,(H,18,20). The van der Waals surface area contributed by atoms with Crippen LogP contribution in [0.2, 0.25) is 0 Å². The summed E-state index contributed by atoms with van der Waals surface area (Å²) in [5.41, 5.74) is 1.08. The van der Waals surface area contributed by atoms with Crippen LogP contribution in [0.3, 0.4) is 0 Å². The van der Waals surface area contributed by atoms with Crippen molar-refractivity contribution in [3.05, 3.63) is 35.9 Å². The molecule has 0 saturated carbocycles. The molecule has 1 saturated heterocycles. The van der Waals surface area contributed by atoms with Crippen LogP contribution in [-0.2, 0) is 9.59 Å². The van der Waals surface area contributed by atoms with Gasteiger partial charge in [-0.25, -0.2) is 0 Å². The number of likely N-dealkylation sites (tertiary alicyclic amines) is 1. The van der Waals surface area contributed by atoms with Gasteiger partial charge in [0.05, 0.1) is 5.92 Å². The minimum atomic E-state index is -0.0669. The summed E-state index contributed by atoms with van der Waals surface area (Å²) in [7, 11) is 1.67. The van der Waals surface area contributed by atoms with E-state index in [9.17, 15) is 9.59 Å². The third kappa shape index (κ3) is 3.63. The van der Waals surface area contributed by atoms with E-state index in [0.717, 1.165) is 24.8 Å². The zero-order chi connectivity index (χ0) is 15.2. The van der Waals surface area contributed by atoms with Crippen LogP contribution in [-0.4, -0.2) is 36.9 Å². The first-order chi connectivity index (χ1) is 10.2. The van der Waals surface area contributed by atoms with Gasteiger partial charge in [-0.15, -0.1) is 0 Å². The minimum Gasteiger partial charge on any atom is -0.359 e. The van der Waals surface area contributed by atoms with Crippen LogP contribution in [0.4, 0.5) is 0 Å². The lowest BCUT2D eigenvalue weighted by atomic mass is 9.91. The molecule has 1 atom stereocenters. The van der Waals surface area contributed by atoms with Crippen LogP contribution in [0.1, 0.15) is 37.7 Å². The Morgan fingerprint density at radius 1 is 1.24 bits per heavy atom. The average Bonchev–Trinajstić information content (AvgIpc) is 2.56. The molecule has 1 N–H and O–H groups in total. The Kier molecular flexibility index (Phi) is 5.37. The first kappa shape index (κ1) is 15.5. The van der Waals surface area contributed by atoms with Gasteiger partial charge in [-0.2, -0.15) is 0 Å². The van der Waals surface area contributed by atoms with Gasteiger partial charge >= 0.3 is 0 Å². The molecule has 1 aliphatic rings. The van der Waals surface area contributed by atoms with Crippen LogP contribution in [0.15, 0.2) is 30.3 Å². The molecule has 2 rings (SSSR count). The van der Waals surface area contributed by atoms with Gasteiger partial charge in [-0.1, -0.05) is 37.3 Å². The monoisotopic (exact) mass is 288 g/mol. The lowest BCUT2D eigenvalue weighted by molar-refractivity contribution is -0.136. The summed E-state index contributed by atoms with van der Waals surface area (Å²) in [5.74, 6) is 0.273. The normalized spacial score (nSPS) is 17.3. The zero-order valence-electron chi connectivity index (χ0n) is 12.8. The molecule has 1 fully saturated rings. The Balaban J connectivity index is 1.99. The Hall–Kier alpha value is -1.84. The van der Waals surface area contributed by atoms with Gasteiger partial charge < -0.3 is 10.2 Å². The lowest BCUT2D eigenvalue weighted by Crippen LogP contribution is -2.44. The average molecular weight is 288 g/mol. The summed E-state index contributed by atoms with van der Waals surface area (Å²) in [6.07, 6.45) is 2.32. The number of nitrogens with one attached hydrogen (secondary N) is 1. The SMILES string of the molecule is CCC(C(=O)N1CCC(C(=O)NC)CC1)c1ccccc1. The van der Waals surface area contributed by atoms with Crippen molar-refractivity contribution in [2.24, 2.45) is 5.92 Å². The van der Waals surface area contributed by atoms with E-state index in [1.165, 1.54) is 0 Å². The van der Waals surface area contributed by atoms with Gasteiger partial charge in [0.15, 0.2) is 0 Å². The quantitative estimate of drug-likeness (QED) is 0.923. The highest BCUT2D eigenvalue weighted by atomic mass is 16.2. The first-order valence-corrected chi connectivity index (χ1v) is 7.72. The summed E-state index contributed by atoms with van der Waals surface area (Å²) < 4.78 is 0. The van der Waals surface area contributed by atoms with Crippen molar-refractivity contribution in [3.8, 4) is 0 Å². The van der Waals surface area contributed by atoms with Crippen LogP contribution >= 0.6 is 0 Å². The number of carbonyl (C=O) groups is 2. The molecule has 1 aliphatic heterocycles. The second kappa shape index (κ2) is 7.25. The molecule has 0 aliphatic carbocycles. The van der Waals surface area contributed by atoms with Crippen LogP contribution in [0.5, 0.6) is 0 Å². The highest BCUT2D eigenvalue weighted by molar-refractivity contribution is 5.84. The Morgan fingerprint density at radius 3 is 2.38 bits per heavy atom. The maximum absolute atomic E-state index is 12.7. The van der Waals surface area contributed by atoms with Crippen molar-refractivity contribution in [1.29, 1.82) is 0 Å². The molecule has 0 radical (unpaired) electrons. The van der Waals surface area contributed by atoms with E-state index in [-0.39, 0.29) is 23.7 Å². The highest BCUT2D eigenvalue weighted by Gasteiger charge is 2.30. The van der Waals surface area contributed by atoms with Crippen LogP contribution in [0.25, 0.3) is 0 Å². The predicted molar refractivity (Wildman–Crippen MR) is 82.8 cm³/mol. The smallest absolute Gasteiger partial charge is 0.230 e. The lowest BCUT2D eigenvalue weighted by Gasteiger charge is -2.33. The van der Waals surface area contributed by atoms with Crippen molar-refractivity contribution in [1.82, 2.24) is 10.2 Å².